The molecule has 1 atom stereocenters. The lowest BCUT2D eigenvalue weighted by Gasteiger charge is -2.32. The third-order valence-electron chi connectivity index (χ3n) is 4.57. The predicted octanol–water partition coefficient (Wildman–Crippen LogP) is 2.86. The van der Waals surface area contributed by atoms with Gasteiger partial charge in [-0.05, 0) is 17.7 Å². The Morgan fingerprint density at radius 3 is 3.08 bits per heavy atom. The van der Waals surface area contributed by atoms with Gasteiger partial charge in [0, 0.05) is 31.4 Å². The molecule has 0 aliphatic carbocycles. The number of fused-ring (bicyclic) bond motifs is 1. The van der Waals surface area contributed by atoms with Gasteiger partial charge in [0.2, 0.25) is 5.91 Å². The highest BCUT2D eigenvalue weighted by Gasteiger charge is 2.31. The Kier molecular flexibility index (Phi) is 4.38. The number of aromatic hydroxyl groups is 1. The lowest BCUT2D eigenvalue weighted by atomic mass is 9.90. The molecule has 1 unspecified atom stereocenters. The van der Waals surface area contributed by atoms with Crippen LogP contribution in [0.2, 0.25) is 5.15 Å². The van der Waals surface area contributed by atoms with Gasteiger partial charge >= 0.3 is 0 Å². The van der Waals surface area contributed by atoms with Crippen LogP contribution in [0, 0.1) is 0 Å². The van der Waals surface area contributed by atoms with Crippen molar-refractivity contribution in [2.24, 2.45) is 0 Å². The summed E-state index contributed by atoms with van der Waals surface area (Å²) in [6.45, 7) is 0.998. The number of hydrogen-bond acceptors (Lipinski definition) is 5. The molecule has 1 aliphatic heterocycles. The molecule has 0 saturated heterocycles. The molecular weight excluding hydrogens is 356 g/mol. The number of carbonyl (C=O) groups excluding carboxylic acids is 1. The van der Waals surface area contributed by atoms with Crippen LogP contribution in [0.15, 0.2) is 41.2 Å². The third kappa shape index (κ3) is 3.30. The van der Waals surface area contributed by atoms with E-state index in [1.807, 2.05) is 6.07 Å². The number of phenolic OH excluding ortho intramolecular Hbond substituents is 1. The van der Waals surface area contributed by atoms with Crippen molar-refractivity contribution in [2.45, 2.75) is 25.3 Å². The predicted molar refractivity (Wildman–Crippen MR) is 93.8 cm³/mol. The molecule has 0 radical (unpaired) electrons. The number of aryl methyl sites for hydroxylation is 1. The van der Waals surface area contributed by atoms with Gasteiger partial charge in [-0.2, -0.15) is 0 Å². The van der Waals surface area contributed by atoms with Gasteiger partial charge in [-0.1, -0.05) is 28.9 Å². The average Bonchev–Trinajstić information content (AvgIpc) is 3.27. The van der Waals surface area contributed by atoms with E-state index in [1.54, 1.807) is 35.5 Å². The van der Waals surface area contributed by atoms with E-state index in [0.29, 0.717) is 31.7 Å². The Bertz CT molecular complexity index is 936. The normalized spacial score (nSPS) is 16.5. The number of aromatic amines is 1. The highest BCUT2D eigenvalue weighted by atomic mass is 35.5. The summed E-state index contributed by atoms with van der Waals surface area (Å²) in [4.78, 5) is 22.0. The first-order valence-corrected chi connectivity index (χ1v) is 8.68. The number of nitrogens with zero attached hydrogens (tertiary/aromatic N) is 3. The Balaban J connectivity index is 1.52. The second-order valence-electron chi connectivity index (χ2n) is 6.30. The quantitative estimate of drug-likeness (QED) is 0.734. The summed E-state index contributed by atoms with van der Waals surface area (Å²) in [5.74, 6) is 0.723. The van der Waals surface area contributed by atoms with E-state index >= 15 is 0 Å². The standard InChI is InChI=1S/C18H17ClN4O3/c19-16-7-13(26-22-16)4-5-17(25)23-8-14(11-2-1-3-12(24)6-11)18-15(9-23)20-10-21-18/h1-3,6-7,10,14,24H,4-5,8-9H2,(H,20,21). The van der Waals surface area contributed by atoms with Crippen LogP contribution in [0.4, 0.5) is 0 Å². The van der Waals surface area contributed by atoms with Crippen molar-refractivity contribution in [2.75, 3.05) is 6.54 Å². The number of amides is 1. The van der Waals surface area contributed by atoms with Gasteiger partial charge in [0.05, 0.1) is 24.3 Å². The first-order chi connectivity index (χ1) is 12.6. The molecule has 0 spiro atoms. The van der Waals surface area contributed by atoms with E-state index in [0.717, 1.165) is 17.0 Å². The van der Waals surface area contributed by atoms with Crippen molar-refractivity contribution in [3.63, 3.8) is 0 Å². The fourth-order valence-electron chi connectivity index (χ4n) is 3.31. The smallest absolute Gasteiger partial charge is 0.223 e. The fourth-order valence-corrected chi connectivity index (χ4v) is 3.47. The van der Waals surface area contributed by atoms with Crippen LogP contribution in [-0.2, 0) is 17.8 Å². The lowest BCUT2D eigenvalue weighted by molar-refractivity contribution is -0.132. The zero-order chi connectivity index (χ0) is 18.1. The number of aromatic nitrogens is 3. The largest absolute Gasteiger partial charge is 0.508 e. The molecule has 3 aromatic rings. The van der Waals surface area contributed by atoms with Crippen LogP contribution >= 0.6 is 11.6 Å². The maximum atomic E-state index is 12.7. The monoisotopic (exact) mass is 372 g/mol. The van der Waals surface area contributed by atoms with Crippen molar-refractivity contribution in [3.05, 3.63) is 64.5 Å². The molecule has 0 fully saturated rings. The molecule has 7 nitrogen and oxygen atoms in total. The topological polar surface area (TPSA) is 95.3 Å². The molecule has 134 valence electrons. The van der Waals surface area contributed by atoms with Crippen LogP contribution in [0.5, 0.6) is 5.75 Å². The first-order valence-electron chi connectivity index (χ1n) is 8.30. The third-order valence-corrected chi connectivity index (χ3v) is 4.75. The Morgan fingerprint density at radius 2 is 2.31 bits per heavy atom. The molecule has 1 aromatic carbocycles. The van der Waals surface area contributed by atoms with Crippen molar-refractivity contribution in [1.29, 1.82) is 0 Å². The minimum absolute atomic E-state index is 0.0166. The average molecular weight is 373 g/mol. The van der Waals surface area contributed by atoms with Crippen LogP contribution in [0.3, 0.4) is 0 Å². The van der Waals surface area contributed by atoms with Crippen LogP contribution in [0.25, 0.3) is 0 Å². The van der Waals surface area contributed by atoms with E-state index in [9.17, 15) is 9.90 Å². The number of halogens is 1. The number of rotatable bonds is 4. The van der Waals surface area contributed by atoms with Gasteiger partial charge in [0.25, 0.3) is 0 Å². The summed E-state index contributed by atoms with van der Waals surface area (Å²) in [7, 11) is 0. The van der Waals surface area contributed by atoms with Crippen molar-refractivity contribution in [1.82, 2.24) is 20.0 Å². The number of nitrogens with one attached hydrogen (secondary N) is 1. The number of H-pyrrole nitrogens is 1. The van der Waals surface area contributed by atoms with Gasteiger partial charge in [0.1, 0.15) is 11.5 Å². The first kappa shape index (κ1) is 16.7. The minimum Gasteiger partial charge on any atom is -0.508 e. The van der Waals surface area contributed by atoms with Gasteiger partial charge in [-0.25, -0.2) is 4.98 Å². The summed E-state index contributed by atoms with van der Waals surface area (Å²) in [6.07, 6.45) is 2.40. The molecule has 1 aliphatic rings. The number of phenols is 1. The summed E-state index contributed by atoms with van der Waals surface area (Å²) < 4.78 is 5.05. The lowest BCUT2D eigenvalue weighted by Crippen LogP contribution is -2.38. The van der Waals surface area contributed by atoms with E-state index < -0.39 is 0 Å². The molecule has 0 saturated carbocycles. The van der Waals surface area contributed by atoms with Gasteiger partial charge in [-0.3, -0.25) is 4.79 Å². The van der Waals surface area contributed by atoms with Crippen molar-refractivity contribution >= 4 is 17.5 Å². The van der Waals surface area contributed by atoms with E-state index in [1.165, 1.54) is 0 Å². The zero-order valence-corrected chi connectivity index (χ0v) is 14.6. The Labute approximate surface area is 154 Å². The van der Waals surface area contributed by atoms with Crippen LogP contribution < -0.4 is 0 Å². The zero-order valence-electron chi connectivity index (χ0n) is 13.9. The molecule has 2 N–H and O–H groups in total. The maximum absolute atomic E-state index is 12.7. The van der Waals surface area contributed by atoms with Crippen LogP contribution in [0.1, 0.15) is 35.1 Å². The van der Waals surface area contributed by atoms with E-state index in [-0.39, 0.29) is 22.7 Å². The Morgan fingerprint density at radius 1 is 1.42 bits per heavy atom. The highest BCUT2D eigenvalue weighted by Crippen LogP contribution is 2.33. The molecule has 1 amide bonds. The molecule has 8 heteroatoms. The van der Waals surface area contributed by atoms with E-state index in [4.69, 9.17) is 16.1 Å². The fraction of sp³-hybridized carbons (Fsp3) is 0.278. The Hall–Kier alpha value is -2.80. The molecule has 26 heavy (non-hydrogen) atoms. The second kappa shape index (κ2) is 6.84. The molecule has 2 aromatic heterocycles. The van der Waals surface area contributed by atoms with E-state index in [2.05, 4.69) is 15.1 Å². The SMILES string of the molecule is O=C(CCc1cc(Cl)no1)N1Cc2[nH]cnc2C(c2cccc(O)c2)C1. The number of hydrogen-bond donors (Lipinski definition) is 2. The summed E-state index contributed by atoms with van der Waals surface area (Å²) in [5.41, 5.74) is 2.76. The van der Waals surface area contributed by atoms with Gasteiger partial charge in [0.15, 0.2) is 5.15 Å². The van der Waals surface area contributed by atoms with Gasteiger partial charge < -0.3 is 19.5 Å². The van der Waals surface area contributed by atoms with Crippen molar-refractivity contribution < 1.29 is 14.4 Å². The number of benzene rings is 1. The maximum Gasteiger partial charge on any atom is 0.223 e. The molecule has 3 heterocycles. The number of imidazole rings is 1. The molecule has 4 rings (SSSR count). The number of carbonyl (C=O) groups is 1. The second-order valence-corrected chi connectivity index (χ2v) is 6.69. The summed E-state index contributed by atoms with van der Waals surface area (Å²) >= 11 is 5.74. The summed E-state index contributed by atoms with van der Waals surface area (Å²) in [6, 6.07) is 8.70. The molecular formula is C18H17ClN4O3. The minimum atomic E-state index is -0.0826. The summed E-state index contributed by atoms with van der Waals surface area (Å²) in [5, 5.41) is 13.7. The van der Waals surface area contributed by atoms with Gasteiger partial charge in [-0.15, -0.1) is 0 Å². The molecule has 0 bridgehead atoms. The van der Waals surface area contributed by atoms with Crippen LogP contribution in [-0.4, -0.2) is 37.6 Å². The van der Waals surface area contributed by atoms with Crippen molar-refractivity contribution in [3.8, 4) is 5.75 Å². The highest BCUT2D eigenvalue weighted by molar-refractivity contribution is 6.29.